The van der Waals surface area contributed by atoms with Gasteiger partial charge in [-0.3, -0.25) is 10.1 Å². The van der Waals surface area contributed by atoms with Gasteiger partial charge in [0.25, 0.3) is 0 Å². The van der Waals surface area contributed by atoms with Gasteiger partial charge in [0.05, 0.1) is 5.92 Å². The fraction of sp³-hybridized carbons (Fsp3) is 0.381. The normalized spacial score (nSPS) is 26.8. The average molecular weight is 402 g/mol. The number of hydrogen-bond donors (Lipinski definition) is 3. The topological polar surface area (TPSA) is 76.4 Å². The van der Waals surface area contributed by atoms with E-state index in [4.69, 9.17) is 10.5 Å². The molecule has 3 atom stereocenters. The van der Waals surface area contributed by atoms with Gasteiger partial charge in [0.1, 0.15) is 23.7 Å². The third-order valence-corrected chi connectivity index (χ3v) is 6.36. The van der Waals surface area contributed by atoms with Crippen molar-refractivity contribution < 1.29 is 13.9 Å². The molecule has 2 aliphatic heterocycles. The number of carbonyl (C=O) groups excluding carboxylic acids is 1. The highest BCUT2D eigenvalue weighted by Crippen LogP contribution is 2.35. The number of nitrogens with two attached hydrogens (primary N) is 1. The number of fused-ring (bicyclic) bond motifs is 1. The van der Waals surface area contributed by atoms with Crippen molar-refractivity contribution in [2.45, 2.75) is 30.8 Å². The van der Waals surface area contributed by atoms with Crippen molar-refractivity contribution >= 4 is 23.4 Å². The molecule has 28 heavy (non-hydrogen) atoms. The minimum atomic E-state index is -0.567. The van der Waals surface area contributed by atoms with Gasteiger partial charge in [0.2, 0.25) is 5.91 Å². The van der Waals surface area contributed by atoms with Crippen molar-refractivity contribution in [2.24, 2.45) is 11.7 Å². The fourth-order valence-corrected chi connectivity index (χ4v) is 4.92. The Balaban J connectivity index is 1.50. The van der Waals surface area contributed by atoms with Crippen molar-refractivity contribution in [3.05, 3.63) is 59.4 Å². The third-order valence-electron chi connectivity index (χ3n) is 5.44. The maximum atomic E-state index is 14.6. The number of ether oxygens (including phenoxy) is 1. The lowest BCUT2D eigenvalue weighted by Crippen LogP contribution is -2.52. The summed E-state index contributed by atoms with van der Waals surface area (Å²) in [5.41, 5.74) is 7.32. The Kier molecular flexibility index (Phi) is 5.31. The van der Waals surface area contributed by atoms with Crippen molar-refractivity contribution in [3.8, 4) is 5.75 Å². The van der Waals surface area contributed by atoms with Gasteiger partial charge in [0.15, 0.2) is 0 Å². The van der Waals surface area contributed by atoms with E-state index in [0.29, 0.717) is 24.3 Å². The van der Waals surface area contributed by atoms with Crippen LogP contribution in [0, 0.1) is 11.7 Å². The molecule has 2 aliphatic rings. The van der Waals surface area contributed by atoms with E-state index in [1.54, 1.807) is 23.9 Å². The minimum absolute atomic E-state index is 0.124. The Morgan fingerprint density at radius 2 is 2.18 bits per heavy atom. The van der Waals surface area contributed by atoms with Gasteiger partial charge < -0.3 is 15.8 Å². The Morgan fingerprint density at radius 3 is 3.00 bits per heavy atom. The summed E-state index contributed by atoms with van der Waals surface area (Å²) in [6.07, 6.45) is 1.38. The molecule has 2 aromatic carbocycles. The summed E-state index contributed by atoms with van der Waals surface area (Å²) in [6.45, 7) is 2.28. The fourth-order valence-electron chi connectivity index (χ4n) is 3.80. The molecule has 0 saturated carbocycles. The van der Waals surface area contributed by atoms with Crippen LogP contribution in [0.2, 0.25) is 0 Å². The summed E-state index contributed by atoms with van der Waals surface area (Å²) in [5, 5.41) is 6.20. The van der Waals surface area contributed by atoms with Crippen LogP contribution in [-0.4, -0.2) is 23.8 Å². The number of benzene rings is 2. The third kappa shape index (κ3) is 3.87. The number of anilines is 1. The standard InChI is InChI=1S/C21H24FN3O2S/c1-21(8-9-28-20(23)25-21)16-11-15(6-7-17(16)22)24-19(26)14-10-13-4-2-3-5-18(13)27-12-14/h2-7,11,14,20,25H,8-10,12,23H2,1H3,(H,24,26). The van der Waals surface area contributed by atoms with E-state index in [9.17, 15) is 9.18 Å². The second-order valence-electron chi connectivity index (χ2n) is 7.52. The summed E-state index contributed by atoms with van der Waals surface area (Å²) in [5.74, 6) is 0.973. The van der Waals surface area contributed by atoms with E-state index in [0.717, 1.165) is 23.5 Å². The first-order valence-corrected chi connectivity index (χ1v) is 10.5. The molecular weight excluding hydrogens is 377 g/mol. The van der Waals surface area contributed by atoms with E-state index in [1.807, 2.05) is 31.2 Å². The van der Waals surface area contributed by atoms with Crippen LogP contribution >= 0.6 is 11.8 Å². The predicted molar refractivity (Wildman–Crippen MR) is 110 cm³/mol. The highest BCUT2D eigenvalue weighted by molar-refractivity contribution is 7.99. The van der Waals surface area contributed by atoms with Gasteiger partial charge >= 0.3 is 0 Å². The smallest absolute Gasteiger partial charge is 0.231 e. The van der Waals surface area contributed by atoms with E-state index in [1.165, 1.54) is 6.07 Å². The Labute approximate surface area is 168 Å². The van der Waals surface area contributed by atoms with Crippen LogP contribution in [-0.2, 0) is 16.8 Å². The molecule has 7 heteroatoms. The zero-order valence-corrected chi connectivity index (χ0v) is 16.5. The Morgan fingerprint density at radius 1 is 1.36 bits per heavy atom. The number of para-hydroxylation sites is 1. The molecule has 1 saturated heterocycles. The molecule has 148 valence electrons. The second kappa shape index (κ2) is 7.73. The minimum Gasteiger partial charge on any atom is -0.492 e. The van der Waals surface area contributed by atoms with E-state index in [-0.39, 0.29) is 23.1 Å². The largest absolute Gasteiger partial charge is 0.492 e. The first-order valence-electron chi connectivity index (χ1n) is 9.41. The lowest BCUT2D eigenvalue weighted by Gasteiger charge is -2.38. The SMILES string of the molecule is CC1(c2cc(NC(=O)C3COc4ccccc4C3)ccc2F)CCSC(N)N1. The molecule has 2 aromatic rings. The molecule has 1 amide bonds. The van der Waals surface area contributed by atoms with Gasteiger partial charge in [-0.2, -0.15) is 0 Å². The number of thioether (sulfide) groups is 1. The number of rotatable bonds is 3. The summed E-state index contributed by atoms with van der Waals surface area (Å²) < 4.78 is 20.3. The summed E-state index contributed by atoms with van der Waals surface area (Å²) in [7, 11) is 0. The number of halogens is 1. The monoisotopic (exact) mass is 401 g/mol. The molecule has 3 unspecified atom stereocenters. The Hall–Kier alpha value is -2.09. The molecule has 2 heterocycles. The van der Waals surface area contributed by atoms with Crippen LogP contribution in [0.25, 0.3) is 0 Å². The number of amides is 1. The van der Waals surface area contributed by atoms with E-state index < -0.39 is 5.54 Å². The molecule has 0 radical (unpaired) electrons. The van der Waals surface area contributed by atoms with Crippen LogP contribution in [0.1, 0.15) is 24.5 Å². The summed E-state index contributed by atoms with van der Waals surface area (Å²) in [4.78, 5) is 12.8. The van der Waals surface area contributed by atoms with Crippen LogP contribution in [0.4, 0.5) is 10.1 Å². The summed E-state index contributed by atoms with van der Waals surface area (Å²) in [6, 6.07) is 12.4. The molecular formula is C21H24FN3O2S. The lowest BCUT2D eigenvalue weighted by atomic mass is 9.88. The van der Waals surface area contributed by atoms with Crippen LogP contribution in [0.15, 0.2) is 42.5 Å². The molecule has 5 nitrogen and oxygen atoms in total. The van der Waals surface area contributed by atoms with Gasteiger partial charge in [-0.15, -0.1) is 11.8 Å². The highest BCUT2D eigenvalue weighted by atomic mass is 32.2. The maximum Gasteiger partial charge on any atom is 0.231 e. The van der Waals surface area contributed by atoms with Gasteiger partial charge in [-0.25, -0.2) is 4.39 Å². The number of hydrogen-bond acceptors (Lipinski definition) is 5. The van der Waals surface area contributed by atoms with Gasteiger partial charge in [0, 0.05) is 16.8 Å². The van der Waals surface area contributed by atoms with Crippen LogP contribution in [0.5, 0.6) is 5.75 Å². The van der Waals surface area contributed by atoms with E-state index >= 15 is 0 Å². The van der Waals surface area contributed by atoms with Crippen molar-refractivity contribution in [2.75, 3.05) is 17.7 Å². The molecule has 1 fully saturated rings. The molecule has 4 N–H and O–H groups in total. The molecule has 0 aromatic heterocycles. The first kappa shape index (κ1) is 19.2. The number of nitrogens with one attached hydrogen (secondary N) is 2. The van der Waals surface area contributed by atoms with Gasteiger partial charge in [-0.05, 0) is 55.3 Å². The lowest BCUT2D eigenvalue weighted by molar-refractivity contribution is -0.121. The molecule has 0 bridgehead atoms. The number of carbonyl (C=O) groups is 1. The second-order valence-corrected chi connectivity index (χ2v) is 8.77. The predicted octanol–water partition coefficient (Wildman–Crippen LogP) is 3.20. The zero-order chi connectivity index (χ0) is 19.7. The van der Waals surface area contributed by atoms with Crippen molar-refractivity contribution in [3.63, 3.8) is 0 Å². The highest BCUT2D eigenvalue weighted by Gasteiger charge is 2.34. The molecule has 0 aliphatic carbocycles. The van der Waals surface area contributed by atoms with Crippen molar-refractivity contribution in [1.82, 2.24) is 5.32 Å². The van der Waals surface area contributed by atoms with Gasteiger partial charge in [-0.1, -0.05) is 18.2 Å². The first-order chi connectivity index (χ1) is 13.4. The maximum absolute atomic E-state index is 14.6. The van der Waals surface area contributed by atoms with E-state index in [2.05, 4.69) is 10.6 Å². The summed E-state index contributed by atoms with van der Waals surface area (Å²) >= 11 is 1.61. The molecule has 0 spiro atoms. The molecule has 4 rings (SSSR count). The Bertz CT molecular complexity index is 894. The quantitative estimate of drug-likeness (QED) is 0.736. The van der Waals surface area contributed by atoms with Crippen LogP contribution in [0.3, 0.4) is 0 Å². The van der Waals surface area contributed by atoms with Crippen molar-refractivity contribution in [1.29, 1.82) is 0 Å². The van der Waals surface area contributed by atoms with Crippen LogP contribution < -0.4 is 21.1 Å². The zero-order valence-electron chi connectivity index (χ0n) is 15.7. The average Bonchev–Trinajstić information content (AvgIpc) is 2.68.